The molecule has 5 rings (SSSR count). The van der Waals surface area contributed by atoms with Crippen LogP contribution < -0.4 is 0 Å². The summed E-state index contributed by atoms with van der Waals surface area (Å²) < 4.78 is 24.3. The highest BCUT2D eigenvalue weighted by molar-refractivity contribution is 6.19. The van der Waals surface area contributed by atoms with Crippen molar-refractivity contribution in [3.63, 3.8) is 0 Å². The summed E-state index contributed by atoms with van der Waals surface area (Å²) in [7, 11) is 0. The van der Waals surface area contributed by atoms with Gasteiger partial charge in [-0.1, -0.05) is 60.7 Å². The molecule has 2 saturated heterocycles. The number of aliphatic hydroxyl groups is 1. The highest BCUT2D eigenvalue weighted by Crippen LogP contribution is 2.38. The number of nitrogens with zero attached hydrogens (tertiary/aromatic N) is 1. The van der Waals surface area contributed by atoms with E-state index in [0.29, 0.717) is 11.1 Å². The first-order chi connectivity index (χ1) is 16.5. The van der Waals surface area contributed by atoms with Crippen LogP contribution in [0.4, 0.5) is 0 Å². The monoisotopic (exact) mass is 465 g/mol. The van der Waals surface area contributed by atoms with Crippen LogP contribution in [0.5, 0.6) is 0 Å². The quantitative estimate of drug-likeness (QED) is 0.678. The van der Waals surface area contributed by atoms with E-state index in [1.807, 2.05) is 60.7 Å². The number of hydrogen-bond donors (Lipinski definition) is 1. The second-order valence-corrected chi connectivity index (χ2v) is 8.72. The molecule has 0 unspecified atom stereocenters. The number of imide groups is 1. The van der Waals surface area contributed by atoms with Crippen LogP contribution in [-0.2, 0) is 35.1 Å². The summed E-state index contributed by atoms with van der Waals surface area (Å²) in [4.78, 5) is 27.0. The van der Waals surface area contributed by atoms with E-state index in [4.69, 9.17) is 18.9 Å². The number of ether oxygens (including phenoxy) is 4. The summed E-state index contributed by atoms with van der Waals surface area (Å²) in [5.74, 6) is -0.929. The minimum atomic E-state index is -1.45. The molecule has 6 atom stereocenters. The van der Waals surface area contributed by atoms with Crippen molar-refractivity contribution in [2.45, 2.75) is 57.4 Å². The second-order valence-electron chi connectivity index (χ2n) is 8.72. The minimum absolute atomic E-state index is 0.164. The molecule has 0 spiro atoms. The van der Waals surface area contributed by atoms with Gasteiger partial charge in [0, 0.05) is 16.7 Å². The van der Waals surface area contributed by atoms with Gasteiger partial charge < -0.3 is 24.1 Å². The molecule has 8 heteroatoms. The average Bonchev–Trinajstić information content (AvgIpc) is 3.05. The van der Waals surface area contributed by atoms with Gasteiger partial charge in [-0.15, -0.1) is 0 Å². The van der Waals surface area contributed by atoms with Crippen molar-refractivity contribution in [2.24, 2.45) is 0 Å². The smallest absolute Gasteiger partial charge is 0.257 e. The maximum absolute atomic E-state index is 13.0. The summed E-state index contributed by atoms with van der Waals surface area (Å²) in [5, 5.41) is 10.9. The van der Waals surface area contributed by atoms with Crippen molar-refractivity contribution in [3.8, 4) is 0 Å². The lowest BCUT2D eigenvalue weighted by Gasteiger charge is -2.49. The number of benzene rings is 2. The third-order valence-corrected chi connectivity index (χ3v) is 6.62. The lowest BCUT2D eigenvalue weighted by molar-refractivity contribution is -0.349. The van der Waals surface area contributed by atoms with E-state index in [2.05, 4.69) is 0 Å². The van der Waals surface area contributed by atoms with Crippen molar-refractivity contribution in [3.05, 3.63) is 82.9 Å². The molecule has 178 valence electrons. The van der Waals surface area contributed by atoms with Gasteiger partial charge in [0.15, 0.2) is 12.6 Å². The largest absolute Gasteiger partial charge is 0.368 e. The summed E-state index contributed by atoms with van der Waals surface area (Å²) in [6, 6.07) is 17.9. The number of fused-ring (bicyclic) bond motifs is 1. The number of carbonyl (C=O) groups is 2. The standard InChI is InChI=1S/C26H27NO7/c1-15-16(2)24(29)27(23(15)28)20-22(31-13-17-9-5-3-6-10-17)21-19(33-25(20)30)14-32-26(34-21)18-11-7-4-8-12-18/h3-12,19-22,25-26,30H,13-14H2,1-2H3/t19-,20-,21-,22-,25-,26-/m1/s1. The van der Waals surface area contributed by atoms with E-state index in [9.17, 15) is 14.7 Å². The Kier molecular flexibility index (Phi) is 6.33. The molecule has 0 radical (unpaired) electrons. The van der Waals surface area contributed by atoms with Crippen LogP contribution in [0.2, 0.25) is 0 Å². The van der Waals surface area contributed by atoms with Gasteiger partial charge in [0.25, 0.3) is 11.8 Å². The Morgan fingerprint density at radius 2 is 1.56 bits per heavy atom. The molecule has 3 aliphatic heterocycles. The summed E-state index contributed by atoms with van der Waals surface area (Å²) in [5.41, 5.74) is 2.43. The molecular weight excluding hydrogens is 438 g/mol. The molecular formula is C26H27NO7. The zero-order valence-corrected chi connectivity index (χ0v) is 19.0. The highest BCUT2D eigenvalue weighted by atomic mass is 16.7. The molecule has 0 saturated carbocycles. The lowest BCUT2D eigenvalue weighted by atomic mass is 9.94. The fraction of sp³-hybridized carbons (Fsp3) is 0.385. The molecule has 2 aromatic carbocycles. The van der Waals surface area contributed by atoms with Gasteiger partial charge in [-0.2, -0.15) is 0 Å². The van der Waals surface area contributed by atoms with Crippen LogP contribution in [0.25, 0.3) is 0 Å². The van der Waals surface area contributed by atoms with Crippen molar-refractivity contribution in [1.82, 2.24) is 4.90 Å². The fourth-order valence-corrected chi connectivity index (χ4v) is 4.63. The molecule has 2 aromatic rings. The van der Waals surface area contributed by atoms with Gasteiger partial charge in [0.1, 0.15) is 24.4 Å². The first-order valence-electron chi connectivity index (χ1n) is 11.3. The van der Waals surface area contributed by atoms with Crippen LogP contribution in [0.1, 0.15) is 31.3 Å². The van der Waals surface area contributed by atoms with Crippen LogP contribution in [-0.4, -0.2) is 59.1 Å². The van der Waals surface area contributed by atoms with Gasteiger partial charge in [0.05, 0.1) is 13.2 Å². The third-order valence-electron chi connectivity index (χ3n) is 6.62. The first-order valence-corrected chi connectivity index (χ1v) is 11.3. The van der Waals surface area contributed by atoms with Gasteiger partial charge >= 0.3 is 0 Å². The maximum Gasteiger partial charge on any atom is 0.257 e. The maximum atomic E-state index is 13.0. The molecule has 0 bridgehead atoms. The molecule has 1 N–H and O–H groups in total. The zero-order chi connectivity index (χ0) is 23.8. The number of carbonyl (C=O) groups excluding carboxylic acids is 2. The van der Waals surface area contributed by atoms with E-state index in [1.54, 1.807) is 13.8 Å². The molecule has 2 amide bonds. The van der Waals surface area contributed by atoms with Gasteiger partial charge in [0.2, 0.25) is 0 Å². The predicted octanol–water partition coefficient (Wildman–Crippen LogP) is 2.48. The number of amides is 2. The van der Waals surface area contributed by atoms with Crippen LogP contribution in [0, 0.1) is 0 Å². The summed E-state index contributed by atoms with van der Waals surface area (Å²) in [6.45, 7) is 3.58. The predicted molar refractivity (Wildman–Crippen MR) is 120 cm³/mol. The molecule has 0 aliphatic carbocycles. The van der Waals surface area contributed by atoms with Gasteiger partial charge in [-0.3, -0.25) is 14.5 Å². The van der Waals surface area contributed by atoms with E-state index < -0.39 is 48.7 Å². The topological polar surface area (TPSA) is 94.5 Å². The Morgan fingerprint density at radius 3 is 2.21 bits per heavy atom. The number of hydrogen-bond acceptors (Lipinski definition) is 7. The van der Waals surface area contributed by atoms with Crippen molar-refractivity contribution < 1.29 is 33.6 Å². The van der Waals surface area contributed by atoms with E-state index in [1.165, 1.54) is 0 Å². The van der Waals surface area contributed by atoms with Crippen LogP contribution in [0.3, 0.4) is 0 Å². The van der Waals surface area contributed by atoms with Crippen molar-refractivity contribution in [2.75, 3.05) is 6.61 Å². The summed E-state index contributed by atoms with van der Waals surface area (Å²) >= 11 is 0. The minimum Gasteiger partial charge on any atom is -0.368 e. The Morgan fingerprint density at radius 1 is 0.941 bits per heavy atom. The SMILES string of the molecule is CC1=C(C)C(=O)N([C@@H]2[C@@H](OCc3ccccc3)[C@@H]3O[C@H](c4ccccc4)OC[C@H]3O[C@H]2O)C1=O. The average molecular weight is 466 g/mol. The molecule has 3 aliphatic rings. The third kappa shape index (κ3) is 4.08. The fourth-order valence-electron chi connectivity index (χ4n) is 4.63. The van der Waals surface area contributed by atoms with Crippen molar-refractivity contribution >= 4 is 11.8 Å². The highest BCUT2D eigenvalue weighted by Gasteiger charge is 2.55. The Bertz CT molecular complexity index is 1060. The van der Waals surface area contributed by atoms with Crippen molar-refractivity contribution in [1.29, 1.82) is 0 Å². The van der Waals surface area contributed by atoms with E-state index >= 15 is 0 Å². The van der Waals surface area contributed by atoms with Gasteiger partial charge in [-0.25, -0.2) is 0 Å². The van der Waals surface area contributed by atoms with Gasteiger partial charge in [-0.05, 0) is 19.4 Å². The van der Waals surface area contributed by atoms with E-state index in [0.717, 1.165) is 16.0 Å². The molecule has 8 nitrogen and oxygen atoms in total. The number of aliphatic hydroxyl groups excluding tert-OH is 1. The molecule has 3 heterocycles. The van der Waals surface area contributed by atoms with Crippen LogP contribution in [0.15, 0.2) is 71.8 Å². The Labute approximate surface area is 197 Å². The zero-order valence-electron chi connectivity index (χ0n) is 19.0. The molecule has 34 heavy (non-hydrogen) atoms. The van der Waals surface area contributed by atoms with E-state index in [-0.39, 0.29) is 13.2 Å². The second kappa shape index (κ2) is 9.40. The Balaban J connectivity index is 1.47. The van der Waals surface area contributed by atoms with Crippen LogP contribution >= 0.6 is 0 Å². The summed E-state index contributed by atoms with van der Waals surface area (Å²) in [6.07, 6.45) is -4.27. The molecule has 0 aromatic heterocycles. The number of rotatable bonds is 5. The lowest BCUT2D eigenvalue weighted by Crippen LogP contribution is -2.68. The first kappa shape index (κ1) is 22.9. The Hall–Kier alpha value is -2.88. The normalized spacial score (nSPS) is 31.7. The molecule has 2 fully saturated rings.